The molecule has 0 heterocycles. The molecule has 0 aliphatic rings. The van der Waals surface area contributed by atoms with Crippen molar-refractivity contribution in [2.75, 3.05) is 0 Å². The van der Waals surface area contributed by atoms with Crippen LogP contribution in [0.1, 0.15) is 37.3 Å². The van der Waals surface area contributed by atoms with Gasteiger partial charge in [0.15, 0.2) is 0 Å². The zero-order valence-corrected chi connectivity index (χ0v) is 12.3. The molecule has 2 rings (SSSR count). The molecule has 0 spiro atoms. The predicted octanol–water partition coefficient (Wildman–Crippen LogP) is 4.82. The van der Waals surface area contributed by atoms with E-state index in [0.717, 1.165) is 0 Å². The van der Waals surface area contributed by atoms with Crippen LogP contribution in [0.4, 0.5) is 0 Å². The van der Waals surface area contributed by atoms with E-state index in [9.17, 15) is 0 Å². The van der Waals surface area contributed by atoms with Crippen LogP contribution in [-0.4, -0.2) is 17.7 Å². The summed E-state index contributed by atoms with van der Waals surface area (Å²) in [7, 11) is 0. The van der Waals surface area contributed by atoms with Crippen LogP contribution in [0.2, 0.25) is 5.09 Å². The average Bonchev–Trinajstić information content (AvgIpc) is 2.41. The van der Waals surface area contributed by atoms with E-state index < -0.39 is 0 Å². The van der Waals surface area contributed by atoms with Crippen LogP contribution in [0.15, 0.2) is 60.7 Å². The molecule has 0 saturated carbocycles. The fourth-order valence-electron chi connectivity index (χ4n) is 3.17. The van der Waals surface area contributed by atoms with Crippen LogP contribution in [0.5, 0.6) is 0 Å². The molecule has 0 saturated heterocycles. The SMILES string of the molecule is [Li][CH2]CC(C)(C)C(c1ccccc1)c1ccccc1. The molecule has 0 aliphatic heterocycles. The first kappa shape index (κ1) is 14.4. The van der Waals surface area contributed by atoms with Crippen molar-refractivity contribution in [2.45, 2.75) is 31.3 Å². The van der Waals surface area contributed by atoms with Gasteiger partial charge in [0, 0.05) is 0 Å². The van der Waals surface area contributed by atoms with Crippen LogP contribution in [0.25, 0.3) is 0 Å². The summed E-state index contributed by atoms with van der Waals surface area (Å²) < 4.78 is 0. The second-order valence-electron chi connectivity index (χ2n) is 5.99. The molecule has 94 valence electrons. The van der Waals surface area contributed by atoms with Gasteiger partial charge < -0.3 is 0 Å². The summed E-state index contributed by atoms with van der Waals surface area (Å²) in [6, 6.07) is 21.8. The number of hydrogen-bond acceptors (Lipinski definition) is 0. The Balaban J connectivity index is 2.46. The van der Waals surface area contributed by atoms with E-state index in [0.29, 0.717) is 5.92 Å². The summed E-state index contributed by atoms with van der Waals surface area (Å²) in [6.07, 6.45) is 1.24. The van der Waals surface area contributed by atoms with Crippen LogP contribution in [0, 0.1) is 5.41 Å². The van der Waals surface area contributed by atoms with Crippen molar-refractivity contribution < 1.29 is 0 Å². The molecule has 0 atom stereocenters. The third-order valence-electron chi connectivity index (χ3n) is 3.94. The van der Waals surface area contributed by atoms with Crippen molar-refractivity contribution in [1.29, 1.82) is 0 Å². The number of benzene rings is 2. The minimum atomic E-state index is 0.275. The maximum atomic E-state index is 2.39. The second kappa shape index (κ2) is 6.46. The van der Waals surface area contributed by atoms with E-state index in [4.69, 9.17) is 0 Å². The Labute approximate surface area is 126 Å². The van der Waals surface area contributed by atoms with Gasteiger partial charge in [-0.2, -0.15) is 0 Å². The van der Waals surface area contributed by atoms with Crippen molar-refractivity contribution in [1.82, 2.24) is 0 Å². The molecule has 19 heavy (non-hydrogen) atoms. The Hall–Kier alpha value is -0.963. The maximum absolute atomic E-state index is 2.39. The molecule has 2 aromatic carbocycles. The molecule has 0 aromatic heterocycles. The first-order valence-electron chi connectivity index (χ1n) is 7.25. The Bertz CT molecular complexity index is 448. The van der Waals surface area contributed by atoms with Crippen LogP contribution in [-0.2, 0) is 0 Å². The van der Waals surface area contributed by atoms with E-state index >= 15 is 0 Å². The Morgan fingerprint density at radius 2 is 1.26 bits per heavy atom. The Morgan fingerprint density at radius 1 is 0.842 bits per heavy atom. The molecule has 0 fully saturated rings. The molecule has 0 N–H and O–H groups in total. The van der Waals surface area contributed by atoms with Crippen molar-refractivity contribution in [3.63, 3.8) is 0 Å². The van der Waals surface area contributed by atoms with Gasteiger partial charge in [-0.1, -0.05) is 0 Å². The molecule has 0 unspecified atom stereocenters. The number of hydrogen-bond donors (Lipinski definition) is 0. The molecule has 2 aromatic rings. The third kappa shape index (κ3) is 3.53. The minimum absolute atomic E-state index is 0.275. The topological polar surface area (TPSA) is 0 Å². The van der Waals surface area contributed by atoms with Gasteiger partial charge in [-0.25, -0.2) is 0 Å². The summed E-state index contributed by atoms with van der Waals surface area (Å²) >= 11 is 2.27. The second-order valence-corrected chi connectivity index (χ2v) is 5.99. The quantitative estimate of drug-likeness (QED) is 0.661. The van der Waals surface area contributed by atoms with Crippen molar-refractivity contribution in [3.05, 3.63) is 71.8 Å². The zero-order valence-electron chi connectivity index (χ0n) is 12.3. The van der Waals surface area contributed by atoms with Gasteiger partial charge in [0.2, 0.25) is 0 Å². The zero-order chi connectivity index (χ0) is 13.7. The van der Waals surface area contributed by atoms with Gasteiger partial charge in [-0.15, -0.1) is 0 Å². The van der Waals surface area contributed by atoms with Crippen LogP contribution < -0.4 is 0 Å². The van der Waals surface area contributed by atoms with Crippen LogP contribution >= 0.6 is 0 Å². The molecule has 0 bridgehead atoms. The van der Waals surface area contributed by atoms with Crippen LogP contribution in [0.3, 0.4) is 0 Å². The van der Waals surface area contributed by atoms with E-state index in [1.54, 1.807) is 0 Å². The van der Waals surface area contributed by atoms with Gasteiger partial charge in [0.25, 0.3) is 0 Å². The molecule has 0 amide bonds. The van der Waals surface area contributed by atoms with Gasteiger partial charge >= 0.3 is 126 Å². The molecule has 0 nitrogen and oxygen atoms in total. The van der Waals surface area contributed by atoms with Gasteiger partial charge in [-0.3, -0.25) is 0 Å². The molecule has 0 aliphatic carbocycles. The molecular formula is C18H21Li. The van der Waals surface area contributed by atoms with Crippen molar-refractivity contribution in [3.8, 4) is 0 Å². The fourth-order valence-corrected chi connectivity index (χ4v) is 3.17. The summed E-state index contributed by atoms with van der Waals surface area (Å²) in [5, 5.41) is 1.23. The summed E-state index contributed by atoms with van der Waals surface area (Å²) in [5.41, 5.74) is 3.12. The summed E-state index contributed by atoms with van der Waals surface area (Å²) in [4.78, 5) is 0. The molecule has 1 heteroatoms. The fraction of sp³-hybridized carbons (Fsp3) is 0.333. The predicted molar refractivity (Wildman–Crippen MR) is 83.7 cm³/mol. The van der Waals surface area contributed by atoms with Gasteiger partial charge in [-0.05, 0) is 0 Å². The molecular weight excluding hydrogens is 223 g/mol. The normalized spacial score (nSPS) is 11.8. The first-order chi connectivity index (χ1) is 9.15. The standard InChI is InChI=1S/C18H21.Li/c1-4-18(2,3)17(15-11-7-5-8-12-15)16-13-9-6-10-14-16;/h5-14,17H,1,4H2,2-3H3;. The monoisotopic (exact) mass is 244 g/mol. The van der Waals surface area contributed by atoms with Gasteiger partial charge in [0.05, 0.1) is 0 Å². The van der Waals surface area contributed by atoms with E-state index in [-0.39, 0.29) is 5.41 Å². The number of rotatable bonds is 5. The molecule has 0 radical (unpaired) electrons. The van der Waals surface area contributed by atoms with Crippen molar-refractivity contribution in [2.24, 2.45) is 5.41 Å². The van der Waals surface area contributed by atoms with Gasteiger partial charge in [0.1, 0.15) is 0 Å². The summed E-state index contributed by atoms with van der Waals surface area (Å²) in [5.74, 6) is 0.467. The third-order valence-corrected chi connectivity index (χ3v) is 3.94. The average molecular weight is 244 g/mol. The van der Waals surface area contributed by atoms with E-state index in [2.05, 4.69) is 92.2 Å². The Morgan fingerprint density at radius 3 is 1.63 bits per heavy atom. The van der Waals surface area contributed by atoms with E-state index in [1.807, 2.05) is 0 Å². The Kier molecular flexibility index (Phi) is 4.91. The van der Waals surface area contributed by atoms with E-state index in [1.165, 1.54) is 22.6 Å². The van der Waals surface area contributed by atoms with Crippen molar-refractivity contribution >= 4 is 17.7 Å². The first-order valence-corrected chi connectivity index (χ1v) is 7.25. The summed E-state index contributed by atoms with van der Waals surface area (Å²) in [6.45, 7) is 4.78.